The number of aryl methyl sites for hydroxylation is 1. The number of rotatable bonds is 5. The highest BCUT2D eigenvalue weighted by Crippen LogP contribution is 2.33. The zero-order valence-electron chi connectivity index (χ0n) is 16.5. The number of carbonyl (C=O) groups excluding carboxylic acids is 1. The van der Waals surface area contributed by atoms with E-state index in [0.29, 0.717) is 32.6 Å². The SMILES string of the molecule is Cc1nc2ccc(C(=O)NS(=O)(=O)c3ccccc3)nc2n1Cc1ccc(Cl)c(Cl)c1Cl. The van der Waals surface area contributed by atoms with Gasteiger partial charge in [0.15, 0.2) is 5.65 Å². The third kappa shape index (κ3) is 4.31. The van der Waals surface area contributed by atoms with E-state index in [0.717, 1.165) is 0 Å². The highest BCUT2D eigenvalue weighted by Gasteiger charge is 2.21. The number of amides is 1. The first-order chi connectivity index (χ1) is 15.2. The number of halogens is 3. The highest BCUT2D eigenvalue weighted by molar-refractivity contribution is 7.90. The summed E-state index contributed by atoms with van der Waals surface area (Å²) in [4.78, 5) is 21.4. The van der Waals surface area contributed by atoms with Crippen LogP contribution in [0.3, 0.4) is 0 Å². The maximum atomic E-state index is 12.7. The lowest BCUT2D eigenvalue weighted by Crippen LogP contribution is -2.31. The molecule has 32 heavy (non-hydrogen) atoms. The first kappa shape index (κ1) is 22.5. The molecule has 0 unspecified atom stereocenters. The molecule has 0 atom stereocenters. The van der Waals surface area contributed by atoms with Gasteiger partial charge in [0.25, 0.3) is 15.9 Å². The second kappa shape index (κ2) is 8.71. The summed E-state index contributed by atoms with van der Waals surface area (Å²) in [5.41, 5.74) is 1.56. The number of carbonyl (C=O) groups is 1. The van der Waals surface area contributed by atoms with Crippen LogP contribution in [-0.4, -0.2) is 28.9 Å². The Morgan fingerprint density at radius 2 is 1.69 bits per heavy atom. The Morgan fingerprint density at radius 3 is 2.41 bits per heavy atom. The Kier molecular flexibility index (Phi) is 6.13. The molecule has 0 aliphatic rings. The largest absolute Gasteiger partial charge is 0.308 e. The smallest absolute Gasteiger partial charge is 0.283 e. The van der Waals surface area contributed by atoms with E-state index in [4.69, 9.17) is 34.8 Å². The van der Waals surface area contributed by atoms with Gasteiger partial charge in [0.1, 0.15) is 17.0 Å². The van der Waals surface area contributed by atoms with E-state index in [1.54, 1.807) is 47.9 Å². The summed E-state index contributed by atoms with van der Waals surface area (Å²) in [6.07, 6.45) is 0. The van der Waals surface area contributed by atoms with Crippen molar-refractivity contribution in [3.63, 3.8) is 0 Å². The number of pyridine rings is 1. The summed E-state index contributed by atoms with van der Waals surface area (Å²) in [6.45, 7) is 2.06. The summed E-state index contributed by atoms with van der Waals surface area (Å²) in [5.74, 6) is -0.224. The third-order valence-corrected chi connectivity index (χ3v) is 7.42. The van der Waals surface area contributed by atoms with Crippen molar-refractivity contribution in [2.45, 2.75) is 18.4 Å². The van der Waals surface area contributed by atoms with Crippen molar-refractivity contribution in [1.29, 1.82) is 0 Å². The van der Waals surface area contributed by atoms with Gasteiger partial charge in [0.05, 0.1) is 26.5 Å². The van der Waals surface area contributed by atoms with Crippen LogP contribution in [0.5, 0.6) is 0 Å². The minimum Gasteiger partial charge on any atom is -0.308 e. The molecule has 1 N–H and O–H groups in total. The molecular weight excluding hydrogens is 495 g/mol. The number of fused-ring (bicyclic) bond motifs is 1. The lowest BCUT2D eigenvalue weighted by Gasteiger charge is -2.11. The molecule has 164 valence electrons. The first-order valence-electron chi connectivity index (χ1n) is 9.26. The summed E-state index contributed by atoms with van der Waals surface area (Å²) < 4.78 is 28.7. The van der Waals surface area contributed by atoms with Gasteiger partial charge in [-0.3, -0.25) is 4.79 Å². The molecule has 0 aliphatic heterocycles. The van der Waals surface area contributed by atoms with Gasteiger partial charge in [-0.15, -0.1) is 0 Å². The quantitative estimate of drug-likeness (QED) is 0.388. The van der Waals surface area contributed by atoms with Gasteiger partial charge in [0, 0.05) is 0 Å². The van der Waals surface area contributed by atoms with Crippen molar-refractivity contribution in [1.82, 2.24) is 19.3 Å². The average molecular weight is 510 g/mol. The van der Waals surface area contributed by atoms with Crippen LogP contribution in [0.15, 0.2) is 59.5 Å². The number of nitrogens with zero attached hydrogens (tertiary/aromatic N) is 3. The molecule has 7 nitrogen and oxygen atoms in total. The summed E-state index contributed by atoms with van der Waals surface area (Å²) >= 11 is 18.5. The van der Waals surface area contributed by atoms with E-state index >= 15 is 0 Å². The second-order valence-electron chi connectivity index (χ2n) is 6.87. The van der Waals surface area contributed by atoms with Gasteiger partial charge in [-0.1, -0.05) is 59.1 Å². The lowest BCUT2D eigenvalue weighted by molar-refractivity contribution is 0.0977. The lowest BCUT2D eigenvalue weighted by atomic mass is 10.2. The van der Waals surface area contributed by atoms with Crippen LogP contribution >= 0.6 is 34.8 Å². The number of benzene rings is 2. The van der Waals surface area contributed by atoms with E-state index < -0.39 is 15.9 Å². The van der Waals surface area contributed by atoms with Gasteiger partial charge in [-0.05, 0) is 42.8 Å². The fraction of sp³-hybridized carbons (Fsp3) is 0.0952. The molecule has 0 fully saturated rings. The molecule has 2 aromatic heterocycles. The minimum atomic E-state index is -4.04. The molecule has 0 aliphatic carbocycles. The molecule has 0 spiro atoms. The predicted molar refractivity (Wildman–Crippen MR) is 124 cm³/mol. The third-order valence-electron chi connectivity index (χ3n) is 4.74. The zero-order valence-corrected chi connectivity index (χ0v) is 19.6. The topological polar surface area (TPSA) is 93.9 Å². The molecule has 0 bridgehead atoms. The molecule has 0 saturated heterocycles. The van der Waals surface area contributed by atoms with Crippen LogP contribution in [0, 0.1) is 6.92 Å². The number of nitrogens with one attached hydrogen (secondary N) is 1. The zero-order chi connectivity index (χ0) is 23.0. The molecular formula is C21H15Cl3N4O3S. The molecule has 0 radical (unpaired) electrons. The Labute approximate surface area is 199 Å². The second-order valence-corrected chi connectivity index (χ2v) is 9.71. The molecule has 2 aromatic carbocycles. The minimum absolute atomic E-state index is 0.0235. The maximum absolute atomic E-state index is 12.7. The Hall–Kier alpha value is -2.65. The van der Waals surface area contributed by atoms with E-state index in [1.807, 2.05) is 4.72 Å². The van der Waals surface area contributed by atoms with Crippen LogP contribution in [-0.2, 0) is 16.6 Å². The van der Waals surface area contributed by atoms with Crippen LogP contribution in [0.4, 0.5) is 0 Å². The van der Waals surface area contributed by atoms with Crippen molar-refractivity contribution in [3.8, 4) is 0 Å². The van der Waals surface area contributed by atoms with Crippen LogP contribution in [0.2, 0.25) is 15.1 Å². The molecule has 4 rings (SSSR count). The monoisotopic (exact) mass is 508 g/mol. The predicted octanol–water partition coefficient (Wildman–Crippen LogP) is 4.87. The van der Waals surface area contributed by atoms with Gasteiger partial charge < -0.3 is 4.57 Å². The summed E-state index contributed by atoms with van der Waals surface area (Å²) in [6, 6.07) is 14.0. The van der Waals surface area contributed by atoms with Crippen molar-refractivity contribution in [2.75, 3.05) is 0 Å². The van der Waals surface area contributed by atoms with Crippen molar-refractivity contribution in [2.24, 2.45) is 0 Å². The first-order valence-corrected chi connectivity index (χ1v) is 11.9. The number of hydrogen-bond donors (Lipinski definition) is 1. The fourth-order valence-electron chi connectivity index (χ4n) is 3.12. The van der Waals surface area contributed by atoms with Crippen molar-refractivity contribution in [3.05, 3.63) is 86.7 Å². The molecule has 2 heterocycles. The van der Waals surface area contributed by atoms with Gasteiger partial charge in [-0.25, -0.2) is 23.1 Å². The summed E-state index contributed by atoms with van der Waals surface area (Å²) in [7, 11) is -4.04. The molecule has 4 aromatic rings. The molecule has 0 saturated carbocycles. The van der Waals surface area contributed by atoms with Crippen molar-refractivity contribution < 1.29 is 13.2 Å². The van der Waals surface area contributed by atoms with E-state index in [2.05, 4.69) is 9.97 Å². The van der Waals surface area contributed by atoms with Gasteiger partial charge >= 0.3 is 0 Å². The number of aromatic nitrogens is 3. The number of sulfonamides is 1. The van der Waals surface area contributed by atoms with E-state index in [9.17, 15) is 13.2 Å². The van der Waals surface area contributed by atoms with Crippen LogP contribution in [0.25, 0.3) is 11.2 Å². The van der Waals surface area contributed by atoms with E-state index in [1.165, 1.54) is 18.2 Å². The number of hydrogen-bond acceptors (Lipinski definition) is 5. The normalized spacial score (nSPS) is 11.6. The summed E-state index contributed by atoms with van der Waals surface area (Å²) in [5, 5.41) is 0.889. The number of imidazole rings is 1. The van der Waals surface area contributed by atoms with Crippen LogP contribution in [0.1, 0.15) is 21.9 Å². The average Bonchev–Trinajstić information content (AvgIpc) is 3.08. The molecule has 11 heteroatoms. The molecule has 1 amide bonds. The van der Waals surface area contributed by atoms with Crippen molar-refractivity contribution >= 4 is 61.9 Å². The fourth-order valence-corrected chi connectivity index (χ4v) is 4.72. The van der Waals surface area contributed by atoms with Crippen LogP contribution < -0.4 is 4.72 Å². The van der Waals surface area contributed by atoms with Gasteiger partial charge in [0.2, 0.25) is 0 Å². The Morgan fingerprint density at radius 1 is 0.969 bits per heavy atom. The van der Waals surface area contributed by atoms with E-state index in [-0.39, 0.29) is 22.2 Å². The Bertz CT molecular complexity index is 1450. The standard InChI is InChI=1S/C21H15Cl3N4O3S/c1-12-25-16-9-10-17(21(29)27-32(30,31)14-5-3-2-4-6-14)26-20(16)28(12)11-13-7-8-15(22)19(24)18(13)23/h2-10H,11H2,1H3,(H,27,29). The highest BCUT2D eigenvalue weighted by atomic mass is 35.5. The maximum Gasteiger partial charge on any atom is 0.283 e. The Balaban J connectivity index is 1.69. The van der Waals surface area contributed by atoms with Gasteiger partial charge in [-0.2, -0.15) is 0 Å².